The normalized spacial score (nSPS) is 22.1. The van der Waals surface area contributed by atoms with Crippen LogP contribution < -0.4 is 0 Å². The first-order chi connectivity index (χ1) is 12.0. The van der Waals surface area contributed by atoms with E-state index < -0.39 is 0 Å². The highest BCUT2D eigenvalue weighted by Crippen LogP contribution is 2.45. The zero-order valence-electron chi connectivity index (χ0n) is 15.6. The van der Waals surface area contributed by atoms with E-state index in [9.17, 15) is 0 Å². The minimum Gasteiger partial charge on any atom is -0.378 e. The van der Waals surface area contributed by atoms with E-state index in [4.69, 9.17) is 9.72 Å². The maximum atomic E-state index is 6.07. The third-order valence-corrected chi connectivity index (χ3v) is 6.08. The van der Waals surface area contributed by atoms with Crippen molar-refractivity contribution in [1.29, 1.82) is 0 Å². The quantitative estimate of drug-likeness (QED) is 0.666. The molecule has 2 aromatic heterocycles. The highest BCUT2D eigenvalue weighted by Gasteiger charge is 2.50. The van der Waals surface area contributed by atoms with Crippen molar-refractivity contribution in [3.8, 4) is 10.8 Å². The zero-order valence-corrected chi connectivity index (χ0v) is 16.4. The van der Waals surface area contributed by atoms with Gasteiger partial charge in [0.05, 0.1) is 11.8 Å². The summed E-state index contributed by atoms with van der Waals surface area (Å²) >= 11 is 1.61. The Bertz CT molecular complexity index is 673. The highest BCUT2D eigenvalue weighted by atomic mass is 32.1. The monoisotopic (exact) mass is 360 g/mol. The predicted octanol–water partition coefficient (Wildman–Crippen LogP) is 4.02. The summed E-state index contributed by atoms with van der Waals surface area (Å²) in [6.07, 6.45) is 7.32. The number of rotatable bonds is 8. The predicted molar refractivity (Wildman–Crippen MR) is 101 cm³/mol. The number of nitrogens with zero attached hydrogens (tertiary/aromatic N) is 4. The van der Waals surface area contributed by atoms with Gasteiger partial charge in [-0.05, 0) is 26.0 Å². The Morgan fingerprint density at radius 1 is 1.32 bits per heavy atom. The lowest BCUT2D eigenvalue weighted by atomic mass is 9.64. The van der Waals surface area contributed by atoms with Gasteiger partial charge >= 0.3 is 0 Å². The number of aromatic nitrogens is 3. The molecule has 0 aromatic carbocycles. The molecule has 0 amide bonds. The molecule has 2 unspecified atom stereocenters. The summed E-state index contributed by atoms with van der Waals surface area (Å²) in [5, 5.41) is 3.00. The van der Waals surface area contributed by atoms with Crippen molar-refractivity contribution in [2.75, 3.05) is 13.7 Å². The number of unbranched alkanes of at least 4 members (excludes halogenated alkanes) is 1. The lowest BCUT2D eigenvalue weighted by Crippen LogP contribution is -2.61. The molecule has 6 heteroatoms. The molecule has 2 aromatic rings. The molecule has 0 spiro atoms. The number of hydrogen-bond donors (Lipinski definition) is 0. The first kappa shape index (κ1) is 18.4. The molecule has 0 N–H and O–H groups in total. The van der Waals surface area contributed by atoms with Crippen molar-refractivity contribution in [2.45, 2.75) is 58.7 Å². The van der Waals surface area contributed by atoms with E-state index in [1.54, 1.807) is 23.7 Å². The van der Waals surface area contributed by atoms with Gasteiger partial charge in [0.25, 0.3) is 0 Å². The SMILES string of the molecule is CCCCOC1CC(N(C)Cc2csc(-c3ncccn3)n2)C1(C)C. The van der Waals surface area contributed by atoms with Gasteiger partial charge in [0.1, 0.15) is 0 Å². The van der Waals surface area contributed by atoms with Crippen molar-refractivity contribution in [1.82, 2.24) is 19.9 Å². The van der Waals surface area contributed by atoms with Crippen LogP contribution in [0.4, 0.5) is 0 Å². The van der Waals surface area contributed by atoms with Gasteiger partial charge in [0, 0.05) is 42.4 Å². The number of thiazole rings is 1. The van der Waals surface area contributed by atoms with Crippen molar-refractivity contribution in [3.63, 3.8) is 0 Å². The van der Waals surface area contributed by atoms with Gasteiger partial charge in [-0.2, -0.15) is 0 Å². The summed E-state index contributed by atoms with van der Waals surface area (Å²) in [5.74, 6) is 0.703. The molecule has 1 fully saturated rings. The minimum absolute atomic E-state index is 0.184. The van der Waals surface area contributed by atoms with Crippen LogP contribution in [0.1, 0.15) is 45.7 Å². The molecule has 0 aliphatic heterocycles. The zero-order chi connectivity index (χ0) is 17.9. The molecule has 0 radical (unpaired) electrons. The van der Waals surface area contributed by atoms with Crippen molar-refractivity contribution in [2.24, 2.45) is 5.41 Å². The van der Waals surface area contributed by atoms with Crippen LogP contribution in [0.25, 0.3) is 10.8 Å². The minimum atomic E-state index is 0.184. The van der Waals surface area contributed by atoms with E-state index in [2.05, 4.69) is 48.1 Å². The number of ether oxygens (including phenoxy) is 1. The fraction of sp³-hybridized carbons (Fsp3) is 0.632. The van der Waals surface area contributed by atoms with Crippen molar-refractivity contribution >= 4 is 11.3 Å². The molecule has 1 saturated carbocycles. The topological polar surface area (TPSA) is 51.1 Å². The first-order valence-electron chi connectivity index (χ1n) is 9.06. The number of hydrogen-bond acceptors (Lipinski definition) is 6. The van der Waals surface area contributed by atoms with E-state index in [0.717, 1.165) is 36.7 Å². The Morgan fingerprint density at radius 2 is 2.08 bits per heavy atom. The average molecular weight is 361 g/mol. The summed E-state index contributed by atoms with van der Waals surface area (Å²) in [6.45, 7) is 8.57. The van der Waals surface area contributed by atoms with Gasteiger partial charge in [0.2, 0.25) is 0 Å². The van der Waals surface area contributed by atoms with Crippen molar-refractivity contribution < 1.29 is 4.74 Å². The average Bonchev–Trinajstić information content (AvgIpc) is 3.06. The Labute approximate surface area is 154 Å². The van der Waals surface area contributed by atoms with Gasteiger partial charge in [-0.1, -0.05) is 27.2 Å². The molecule has 3 rings (SSSR count). The van der Waals surface area contributed by atoms with E-state index in [-0.39, 0.29) is 5.41 Å². The van der Waals surface area contributed by atoms with Crippen LogP contribution in [0.5, 0.6) is 0 Å². The molecular formula is C19H28N4OS. The second kappa shape index (κ2) is 7.89. The summed E-state index contributed by atoms with van der Waals surface area (Å²) < 4.78 is 6.07. The van der Waals surface area contributed by atoms with Gasteiger partial charge in [0.15, 0.2) is 10.8 Å². The molecule has 136 valence electrons. The summed E-state index contributed by atoms with van der Waals surface area (Å²) in [7, 11) is 2.19. The Balaban J connectivity index is 1.56. The third-order valence-electron chi connectivity index (χ3n) is 5.20. The maximum Gasteiger partial charge on any atom is 0.188 e. The lowest BCUT2D eigenvalue weighted by Gasteiger charge is -2.55. The van der Waals surface area contributed by atoms with E-state index in [1.807, 2.05) is 6.07 Å². The van der Waals surface area contributed by atoms with Gasteiger partial charge in [-0.25, -0.2) is 15.0 Å². The Morgan fingerprint density at radius 3 is 2.76 bits per heavy atom. The van der Waals surface area contributed by atoms with Gasteiger partial charge in [-0.3, -0.25) is 4.90 Å². The second-order valence-corrected chi connectivity index (χ2v) is 8.28. The van der Waals surface area contributed by atoms with Crippen LogP contribution in [0.15, 0.2) is 23.8 Å². The van der Waals surface area contributed by atoms with Gasteiger partial charge in [-0.15, -0.1) is 11.3 Å². The summed E-state index contributed by atoms with van der Waals surface area (Å²) in [5.41, 5.74) is 1.27. The molecule has 2 atom stereocenters. The van der Waals surface area contributed by atoms with Crippen LogP contribution >= 0.6 is 11.3 Å². The van der Waals surface area contributed by atoms with Crippen LogP contribution in [0.3, 0.4) is 0 Å². The summed E-state index contributed by atoms with van der Waals surface area (Å²) in [4.78, 5) is 15.7. The molecule has 1 aliphatic rings. The summed E-state index contributed by atoms with van der Waals surface area (Å²) in [6, 6.07) is 2.35. The lowest BCUT2D eigenvalue weighted by molar-refractivity contribution is -0.149. The fourth-order valence-electron chi connectivity index (χ4n) is 3.52. The van der Waals surface area contributed by atoms with E-state index in [0.29, 0.717) is 18.0 Å². The fourth-order valence-corrected chi connectivity index (χ4v) is 4.28. The molecule has 0 saturated heterocycles. The van der Waals surface area contributed by atoms with E-state index in [1.165, 1.54) is 6.42 Å². The molecular weight excluding hydrogens is 332 g/mol. The van der Waals surface area contributed by atoms with Crippen LogP contribution in [-0.4, -0.2) is 45.7 Å². The van der Waals surface area contributed by atoms with Crippen LogP contribution in [0, 0.1) is 5.41 Å². The molecule has 5 nitrogen and oxygen atoms in total. The molecule has 0 bridgehead atoms. The molecule has 1 aliphatic carbocycles. The Kier molecular flexibility index (Phi) is 5.81. The third kappa shape index (κ3) is 4.07. The first-order valence-corrected chi connectivity index (χ1v) is 9.94. The Hall–Kier alpha value is -1.37. The van der Waals surface area contributed by atoms with Crippen molar-refractivity contribution in [3.05, 3.63) is 29.5 Å². The largest absolute Gasteiger partial charge is 0.378 e. The maximum absolute atomic E-state index is 6.07. The highest BCUT2D eigenvalue weighted by molar-refractivity contribution is 7.13. The van der Waals surface area contributed by atoms with Gasteiger partial charge < -0.3 is 4.74 Å². The smallest absolute Gasteiger partial charge is 0.188 e. The molecule has 25 heavy (non-hydrogen) atoms. The molecule has 2 heterocycles. The van der Waals surface area contributed by atoms with Crippen LogP contribution in [-0.2, 0) is 11.3 Å². The second-order valence-electron chi connectivity index (χ2n) is 7.42. The van der Waals surface area contributed by atoms with E-state index >= 15 is 0 Å². The standard InChI is InChI=1S/C19H28N4OS/c1-5-6-10-24-16-11-15(19(16,2)3)23(4)12-14-13-25-18(22-14)17-20-8-7-9-21-17/h7-9,13,15-16H,5-6,10-12H2,1-4H3. The van der Waals surface area contributed by atoms with Crippen LogP contribution in [0.2, 0.25) is 0 Å².